The van der Waals surface area contributed by atoms with Crippen LogP contribution < -0.4 is 0 Å². The van der Waals surface area contributed by atoms with Gasteiger partial charge in [0.2, 0.25) is 0 Å². The maximum atomic E-state index is 9.70. The lowest BCUT2D eigenvalue weighted by Gasteiger charge is -2.25. The third kappa shape index (κ3) is 4.45. The van der Waals surface area contributed by atoms with Crippen LogP contribution in [0.2, 0.25) is 0 Å². The van der Waals surface area contributed by atoms with E-state index < -0.39 is 5.60 Å². The SMILES string of the molecule is C[C@@H](COCc1ccccc1)C(C)(C)O. The van der Waals surface area contributed by atoms with Gasteiger partial charge in [-0.25, -0.2) is 0 Å². The standard InChI is InChI=1S/C13H20O2/c1-11(13(2,3)14)9-15-10-12-7-5-4-6-8-12/h4-8,11,14H,9-10H2,1-3H3/t11-/m0/s1. The summed E-state index contributed by atoms with van der Waals surface area (Å²) >= 11 is 0. The van der Waals surface area contributed by atoms with Gasteiger partial charge in [0.1, 0.15) is 0 Å². The van der Waals surface area contributed by atoms with Crippen LogP contribution in [0.1, 0.15) is 26.3 Å². The van der Waals surface area contributed by atoms with Gasteiger partial charge in [0.15, 0.2) is 0 Å². The molecule has 0 saturated carbocycles. The summed E-state index contributed by atoms with van der Waals surface area (Å²) in [6, 6.07) is 10.1. The smallest absolute Gasteiger partial charge is 0.0717 e. The highest BCUT2D eigenvalue weighted by molar-refractivity contribution is 5.13. The van der Waals surface area contributed by atoms with Crippen molar-refractivity contribution in [3.63, 3.8) is 0 Å². The average molecular weight is 208 g/mol. The molecule has 0 spiro atoms. The molecule has 0 aliphatic carbocycles. The van der Waals surface area contributed by atoms with Crippen LogP contribution >= 0.6 is 0 Å². The molecule has 0 heterocycles. The van der Waals surface area contributed by atoms with E-state index in [1.54, 1.807) is 0 Å². The highest BCUT2D eigenvalue weighted by Gasteiger charge is 2.21. The number of rotatable bonds is 5. The van der Waals surface area contributed by atoms with Crippen molar-refractivity contribution in [2.75, 3.05) is 6.61 Å². The minimum atomic E-state index is -0.670. The Kier molecular flexibility index (Phi) is 4.30. The van der Waals surface area contributed by atoms with Crippen molar-refractivity contribution < 1.29 is 9.84 Å². The van der Waals surface area contributed by atoms with Crippen molar-refractivity contribution in [3.8, 4) is 0 Å². The average Bonchev–Trinajstić information content (AvgIpc) is 2.18. The van der Waals surface area contributed by atoms with Gasteiger partial charge < -0.3 is 9.84 Å². The quantitative estimate of drug-likeness (QED) is 0.806. The van der Waals surface area contributed by atoms with E-state index in [0.717, 1.165) is 0 Å². The Balaban J connectivity index is 2.28. The molecule has 0 aromatic heterocycles. The molecular weight excluding hydrogens is 188 g/mol. The summed E-state index contributed by atoms with van der Waals surface area (Å²) in [4.78, 5) is 0. The topological polar surface area (TPSA) is 29.5 Å². The monoisotopic (exact) mass is 208 g/mol. The molecule has 2 nitrogen and oxygen atoms in total. The fourth-order valence-electron chi connectivity index (χ4n) is 1.13. The Morgan fingerprint density at radius 3 is 2.40 bits per heavy atom. The summed E-state index contributed by atoms with van der Waals surface area (Å²) in [5.41, 5.74) is 0.497. The van der Waals surface area contributed by atoms with Crippen molar-refractivity contribution in [1.82, 2.24) is 0 Å². The van der Waals surface area contributed by atoms with Crippen LogP contribution in [0, 0.1) is 5.92 Å². The van der Waals surface area contributed by atoms with Gasteiger partial charge in [-0.3, -0.25) is 0 Å². The Hall–Kier alpha value is -0.860. The molecular formula is C13H20O2. The normalized spacial score (nSPS) is 13.9. The van der Waals surface area contributed by atoms with E-state index >= 15 is 0 Å². The predicted molar refractivity (Wildman–Crippen MR) is 61.6 cm³/mol. The molecule has 0 saturated heterocycles. The van der Waals surface area contributed by atoms with Gasteiger partial charge in [0, 0.05) is 5.92 Å². The van der Waals surface area contributed by atoms with Crippen LogP contribution in [-0.2, 0) is 11.3 Å². The lowest BCUT2D eigenvalue weighted by atomic mass is 9.94. The van der Waals surface area contributed by atoms with E-state index in [1.807, 2.05) is 51.1 Å². The Morgan fingerprint density at radius 1 is 1.27 bits per heavy atom. The molecule has 0 fully saturated rings. The minimum absolute atomic E-state index is 0.140. The van der Waals surface area contributed by atoms with Crippen molar-refractivity contribution in [2.45, 2.75) is 33.0 Å². The van der Waals surface area contributed by atoms with Crippen LogP contribution in [0.3, 0.4) is 0 Å². The van der Waals surface area contributed by atoms with Gasteiger partial charge in [0.25, 0.3) is 0 Å². The molecule has 1 aromatic carbocycles. The molecule has 15 heavy (non-hydrogen) atoms. The number of aliphatic hydroxyl groups is 1. The van der Waals surface area contributed by atoms with Crippen LogP contribution in [0.4, 0.5) is 0 Å². The first kappa shape index (κ1) is 12.2. The molecule has 0 amide bonds. The van der Waals surface area contributed by atoms with Crippen LogP contribution in [0.5, 0.6) is 0 Å². The van der Waals surface area contributed by atoms with Gasteiger partial charge in [-0.2, -0.15) is 0 Å². The highest BCUT2D eigenvalue weighted by Crippen LogP contribution is 2.16. The molecule has 0 aliphatic rings. The van der Waals surface area contributed by atoms with E-state index in [0.29, 0.717) is 13.2 Å². The summed E-state index contributed by atoms with van der Waals surface area (Å²) in [5.74, 6) is 0.140. The predicted octanol–water partition coefficient (Wildman–Crippen LogP) is 2.61. The fourth-order valence-corrected chi connectivity index (χ4v) is 1.13. The first-order valence-electron chi connectivity index (χ1n) is 5.34. The highest BCUT2D eigenvalue weighted by atomic mass is 16.5. The van der Waals surface area contributed by atoms with Gasteiger partial charge in [-0.15, -0.1) is 0 Å². The van der Waals surface area contributed by atoms with E-state index in [-0.39, 0.29) is 5.92 Å². The number of benzene rings is 1. The maximum absolute atomic E-state index is 9.70. The summed E-state index contributed by atoms with van der Waals surface area (Å²) in [6.45, 7) is 6.80. The van der Waals surface area contributed by atoms with E-state index in [4.69, 9.17) is 4.74 Å². The molecule has 0 aliphatic heterocycles. The lowest BCUT2D eigenvalue weighted by Crippen LogP contribution is -2.31. The second kappa shape index (κ2) is 5.29. The van der Waals surface area contributed by atoms with Crippen LogP contribution in [0.15, 0.2) is 30.3 Å². The first-order chi connectivity index (χ1) is 7.00. The third-order valence-corrected chi connectivity index (χ3v) is 2.69. The summed E-state index contributed by atoms with van der Waals surface area (Å²) < 4.78 is 5.55. The fraction of sp³-hybridized carbons (Fsp3) is 0.538. The zero-order valence-electron chi connectivity index (χ0n) is 9.73. The zero-order valence-corrected chi connectivity index (χ0v) is 9.73. The zero-order chi connectivity index (χ0) is 11.3. The van der Waals surface area contributed by atoms with Crippen LogP contribution in [-0.4, -0.2) is 17.3 Å². The van der Waals surface area contributed by atoms with Crippen LogP contribution in [0.25, 0.3) is 0 Å². The number of ether oxygens (including phenoxy) is 1. The van der Waals surface area contributed by atoms with E-state index in [9.17, 15) is 5.11 Å². The van der Waals surface area contributed by atoms with E-state index in [2.05, 4.69) is 0 Å². The number of hydrogen-bond acceptors (Lipinski definition) is 2. The van der Waals surface area contributed by atoms with Crippen molar-refractivity contribution in [1.29, 1.82) is 0 Å². The second-order valence-corrected chi connectivity index (χ2v) is 4.56. The summed E-state index contributed by atoms with van der Waals surface area (Å²) in [6.07, 6.45) is 0. The number of hydrogen-bond donors (Lipinski definition) is 1. The molecule has 1 atom stereocenters. The third-order valence-electron chi connectivity index (χ3n) is 2.69. The largest absolute Gasteiger partial charge is 0.390 e. The molecule has 1 rings (SSSR count). The molecule has 0 radical (unpaired) electrons. The Bertz CT molecular complexity index is 274. The van der Waals surface area contributed by atoms with Crippen molar-refractivity contribution in [2.24, 2.45) is 5.92 Å². The Labute approximate surface area is 91.9 Å². The van der Waals surface area contributed by atoms with Gasteiger partial charge in [0.05, 0.1) is 18.8 Å². The van der Waals surface area contributed by atoms with Crippen molar-refractivity contribution >= 4 is 0 Å². The summed E-state index contributed by atoms with van der Waals surface area (Å²) in [5, 5.41) is 9.70. The van der Waals surface area contributed by atoms with Gasteiger partial charge in [-0.05, 0) is 19.4 Å². The molecule has 2 heteroatoms. The minimum Gasteiger partial charge on any atom is -0.390 e. The maximum Gasteiger partial charge on any atom is 0.0717 e. The first-order valence-corrected chi connectivity index (χ1v) is 5.34. The molecule has 84 valence electrons. The van der Waals surface area contributed by atoms with Gasteiger partial charge >= 0.3 is 0 Å². The van der Waals surface area contributed by atoms with E-state index in [1.165, 1.54) is 5.56 Å². The van der Waals surface area contributed by atoms with Gasteiger partial charge in [-0.1, -0.05) is 37.3 Å². The Morgan fingerprint density at radius 2 is 1.87 bits per heavy atom. The molecule has 1 N–H and O–H groups in total. The van der Waals surface area contributed by atoms with Crippen molar-refractivity contribution in [3.05, 3.63) is 35.9 Å². The molecule has 0 bridgehead atoms. The summed E-state index contributed by atoms with van der Waals surface area (Å²) in [7, 11) is 0. The lowest BCUT2D eigenvalue weighted by molar-refractivity contribution is -0.0250. The second-order valence-electron chi connectivity index (χ2n) is 4.56. The molecule has 1 aromatic rings. The molecule has 0 unspecified atom stereocenters.